The van der Waals surface area contributed by atoms with Gasteiger partial charge in [-0.3, -0.25) is 9.59 Å². The highest BCUT2D eigenvalue weighted by molar-refractivity contribution is 14.1. The van der Waals surface area contributed by atoms with Crippen LogP contribution in [0.4, 0.5) is 0 Å². The Morgan fingerprint density at radius 3 is 2.09 bits per heavy atom. The molecule has 1 fully saturated rings. The van der Waals surface area contributed by atoms with E-state index in [2.05, 4.69) is 106 Å². The van der Waals surface area contributed by atoms with Gasteiger partial charge in [-0.25, -0.2) is 0 Å². The summed E-state index contributed by atoms with van der Waals surface area (Å²) in [4.78, 5) is 28.9. The lowest BCUT2D eigenvalue weighted by molar-refractivity contribution is -0.133. The monoisotopic (exact) mass is 697 g/mol. The number of aryl methyl sites for hydroxylation is 1. The molecule has 5 rings (SSSR count). The van der Waals surface area contributed by atoms with Crippen molar-refractivity contribution in [2.75, 3.05) is 19.6 Å². The predicted molar refractivity (Wildman–Crippen MR) is 188 cm³/mol. The molecule has 44 heavy (non-hydrogen) atoms. The van der Waals surface area contributed by atoms with Crippen molar-refractivity contribution in [3.8, 4) is 0 Å². The number of nitrogens with zero attached hydrogens (tertiary/aromatic N) is 1. The van der Waals surface area contributed by atoms with Gasteiger partial charge >= 0.3 is 0 Å². The lowest BCUT2D eigenvalue weighted by atomic mass is 9.90. The number of hydrogen-bond donors (Lipinski definition) is 2. The first-order valence-corrected chi connectivity index (χ1v) is 16.9. The molecule has 2 N–H and O–H groups in total. The van der Waals surface area contributed by atoms with Gasteiger partial charge in [-0.15, -0.1) is 0 Å². The molecule has 0 saturated carbocycles. The molecule has 0 unspecified atom stereocenters. The van der Waals surface area contributed by atoms with Gasteiger partial charge in [0.1, 0.15) is 0 Å². The second kappa shape index (κ2) is 16.4. The average molecular weight is 698 g/mol. The van der Waals surface area contributed by atoms with E-state index in [1.807, 2.05) is 53.4 Å². The Kier molecular flexibility index (Phi) is 11.8. The van der Waals surface area contributed by atoms with Crippen molar-refractivity contribution < 1.29 is 9.59 Å². The van der Waals surface area contributed by atoms with E-state index in [-0.39, 0.29) is 29.8 Å². The van der Waals surface area contributed by atoms with Crippen LogP contribution in [0.1, 0.15) is 46.6 Å². The third kappa shape index (κ3) is 9.13. The topological polar surface area (TPSA) is 61.4 Å². The van der Waals surface area contributed by atoms with E-state index >= 15 is 0 Å². The molecule has 4 aromatic carbocycles. The largest absolute Gasteiger partial charge is 0.351 e. The molecule has 4 aromatic rings. The summed E-state index contributed by atoms with van der Waals surface area (Å²) in [7, 11) is 0. The SMILES string of the molecule is O=C(/C=C/c1ccc(CI)cc1)NC[C@@H]1CCN(CC(c2ccccc2)c2ccccc2)C(=O)[C@H](CCc2ccccc2)N1. The van der Waals surface area contributed by atoms with E-state index in [0.29, 0.717) is 26.1 Å². The first kappa shape index (κ1) is 31.7. The minimum absolute atomic E-state index is 0.0167. The highest BCUT2D eigenvalue weighted by Gasteiger charge is 2.32. The van der Waals surface area contributed by atoms with Gasteiger partial charge in [-0.05, 0) is 53.2 Å². The molecule has 0 aliphatic carbocycles. The molecule has 0 aromatic heterocycles. The summed E-state index contributed by atoms with van der Waals surface area (Å²) in [6.45, 7) is 1.69. The number of carbonyl (C=O) groups is 2. The molecule has 6 heteroatoms. The third-order valence-electron chi connectivity index (χ3n) is 8.25. The minimum Gasteiger partial charge on any atom is -0.351 e. The fourth-order valence-corrected chi connectivity index (χ4v) is 6.26. The number of benzene rings is 4. The number of amides is 2. The van der Waals surface area contributed by atoms with Crippen LogP contribution >= 0.6 is 22.6 Å². The first-order chi connectivity index (χ1) is 21.6. The second-order valence-corrected chi connectivity index (χ2v) is 12.1. The summed E-state index contributed by atoms with van der Waals surface area (Å²) >= 11 is 2.34. The van der Waals surface area contributed by atoms with Crippen molar-refractivity contribution >= 4 is 40.5 Å². The molecular weight excluding hydrogens is 657 g/mol. The lowest BCUT2D eigenvalue weighted by Gasteiger charge is -2.29. The van der Waals surface area contributed by atoms with Crippen LogP contribution in [0.15, 0.2) is 121 Å². The molecule has 0 bridgehead atoms. The fourth-order valence-electron chi connectivity index (χ4n) is 5.75. The van der Waals surface area contributed by atoms with Gasteiger partial charge in [0.2, 0.25) is 11.8 Å². The zero-order valence-electron chi connectivity index (χ0n) is 24.9. The van der Waals surface area contributed by atoms with E-state index in [0.717, 1.165) is 22.8 Å². The van der Waals surface area contributed by atoms with Crippen molar-refractivity contribution in [1.29, 1.82) is 0 Å². The summed E-state index contributed by atoms with van der Waals surface area (Å²) in [5.41, 5.74) is 5.87. The molecule has 0 spiro atoms. The Hall–Kier alpha value is -3.75. The Labute approximate surface area is 274 Å². The first-order valence-electron chi connectivity index (χ1n) is 15.4. The van der Waals surface area contributed by atoms with E-state index in [1.165, 1.54) is 22.3 Å². The van der Waals surface area contributed by atoms with Crippen LogP contribution in [-0.4, -0.2) is 48.4 Å². The van der Waals surface area contributed by atoms with Crippen molar-refractivity contribution in [3.05, 3.63) is 149 Å². The fraction of sp³-hybridized carbons (Fsp3) is 0.263. The van der Waals surface area contributed by atoms with Crippen molar-refractivity contribution in [2.45, 2.75) is 41.7 Å². The maximum atomic E-state index is 14.1. The molecule has 1 saturated heterocycles. The minimum atomic E-state index is -0.334. The summed E-state index contributed by atoms with van der Waals surface area (Å²) in [6.07, 6.45) is 5.68. The van der Waals surface area contributed by atoms with Gasteiger partial charge in [0, 0.05) is 42.1 Å². The molecule has 1 aliphatic heterocycles. The molecule has 1 aliphatic rings. The average Bonchev–Trinajstić information content (AvgIpc) is 3.23. The van der Waals surface area contributed by atoms with Crippen LogP contribution in [0.3, 0.4) is 0 Å². The molecule has 2 atom stereocenters. The van der Waals surface area contributed by atoms with Crippen LogP contribution in [0.25, 0.3) is 6.08 Å². The van der Waals surface area contributed by atoms with Gasteiger partial charge in [0.15, 0.2) is 0 Å². The van der Waals surface area contributed by atoms with Crippen molar-refractivity contribution in [2.24, 2.45) is 0 Å². The smallest absolute Gasteiger partial charge is 0.244 e. The standard InChI is InChI=1S/C38H40IN3O2/c39-26-31-18-16-30(17-19-31)21-23-37(43)40-27-34-24-25-42(38(44)36(41-34)22-20-29-10-4-1-5-11-29)28-35(32-12-6-2-7-13-32)33-14-8-3-9-15-33/h1-19,21,23,34-36,41H,20,22,24-28H2,(H,40,43)/b23-21+/t34-,36-/m0/s1. The molecule has 2 amide bonds. The normalized spacial score (nSPS) is 17.1. The quantitative estimate of drug-likeness (QED) is 0.0976. The van der Waals surface area contributed by atoms with Crippen LogP contribution < -0.4 is 10.6 Å². The van der Waals surface area contributed by atoms with E-state index < -0.39 is 0 Å². The summed E-state index contributed by atoms with van der Waals surface area (Å²) in [5.74, 6) is 0.0659. The van der Waals surface area contributed by atoms with Gasteiger partial charge < -0.3 is 15.5 Å². The summed E-state index contributed by atoms with van der Waals surface area (Å²) in [5, 5.41) is 6.70. The van der Waals surface area contributed by atoms with Gasteiger partial charge in [0.05, 0.1) is 6.04 Å². The number of halogens is 1. The molecule has 226 valence electrons. The number of nitrogens with one attached hydrogen (secondary N) is 2. The second-order valence-electron chi connectivity index (χ2n) is 11.3. The Balaban J connectivity index is 1.29. The number of hydrogen-bond acceptors (Lipinski definition) is 3. The van der Waals surface area contributed by atoms with Crippen molar-refractivity contribution in [3.63, 3.8) is 0 Å². The van der Waals surface area contributed by atoms with Gasteiger partial charge in [0.25, 0.3) is 0 Å². The highest BCUT2D eigenvalue weighted by Crippen LogP contribution is 2.27. The Morgan fingerprint density at radius 2 is 1.48 bits per heavy atom. The van der Waals surface area contributed by atoms with Crippen LogP contribution in [-0.2, 0) is 20.4 Å². The van der Waals surface area contributed by atoms with Crippen LogP contribution in [0.5, 0.6) is 0 Å². The van der Waals surface area contributed by atoms with Crippen LogP contribution in [0, 0.1) is 0 Å². The van der Waals surface area contributed by atoms with E-state index in [4.69, 9.17) is 0 Å². The maximum Gasteiger partial charge on any atom is 0.244 e. The number of alkyl halides is 1. The molecular formula is C38H40IN3O2. The molecule has 5 nitrogen and oxygen atoms in total. The van der Waals surface area contributed by atoms with E-state index in [1.54, 1.807) is 6.08 Å². The maximum absolute atomic E-state index is 14.1. The lowest BCUT2D eigenvalue weighted by Crippen LogP contribution is -2.49. The summed E-state index contributed by atoms with van der Waals surface area (Å²) < 4.78 is 0.960. The predicted octanol–water partition coefficient (Wildman–Crippen LogP) is 6.78. The van der Waals surface area contributed by atoms with Gasteiger partial charge in [-0.1, -0.05) is 138 Å². The van der Waals surface area contributed by atoms with Crippen LogP contribution in [0.2, 0.25) is 0 Å². The highest BCUT2D eigenvalue weighted by atomic mass is 127. The summed E-state index contributed by atoms with van der Waals surface area (Å²) in [6, 6.07) is 39.1. The van der Waals surface area contributed by atoms with Crippen molar-refractivity contribution in [1.82, 2.24) is 15.5 Å². The zero-order valence-corrected chi connectivity index (χ0v) is 27.1. The van der Waals surface area contributed by atoms with Gasteiger partial charge in [-0.2, -0.15) is 0 Å². The number of carbonyl (C=O) groups excluding carboxylic acids is 2. The Bertz CT molecular complexity index is 1450. The van der Waals surface area contributed by atoms with E-state index in [9.17, 15) is 9.59 Å². The molecule has 1 heterocycles. The third-order valence-corrected chi connectivity index (χ3v) is 9.13. The zero-order chi connectivity index (χ0) is 30.6. The molecule has 0 radical (unpaired) electrons. The Morgan fingerprint density at radius 1 is 0.864 bits per heavy atom. The number of rotatable bonds is 12.